The van der Waals surface area contributed by atoms with Crippen LogP contribution in [0.3, 0.4) is 0 Å². The molecule has 0 amide bonds. The third-order valence-corrected chi connectivity index (χ3v) is 5.84. The highest BCUT2D eigenvalue weighted by atomic mass is 16.6. The van der Waals surface area contributed by atoms with Crippen LogP contribution in [-0.2, 0) is 9.53 Å². The van der Waals surface area contributed by atoms with Crippen LogP contribution >= 0.6 is 0 Å². The molecule has 11 heteroatoms. The number of ether oxygens (including phenoxy) is 2. The van der Waals surface area contributed by atoms with Gasteiger partial charge in [0.2, 0.25) is 5.82 Å². The molecule has 39 heavy (non-hydrogen) atoms. The van der Waals surface area contributed by atoms with Crippen molar-refractivity contribution in [2.45, 2.75) is 20.0 Å². The molecule has 0 bridgehead atoms. The summed E-state index contributed by atoms with van der Waals surface area (Å²) in [5.41, 5.74) is 0.518. The van der Waals surface area contributed by atoms with Gasteiger partial charge in [-0.1, -0.05) is 30.3 Å². The van der Waals surface area contributed by atoms with E-state index in [1.807, 2.05) is 18.2 Å². The Morgan fingerprint density at radius 3 is 2.69 bits per heavy atom. The molecule has 0 aliphatic heterocycles. The van der Waals surface area contributed by atoms with E-state index in [1.165, 1.54) is 31.3 Å². The Morgan fingerprint density at radius 2 is 1.92 bits per heavy atom. The zero-order chi connectivity index (χ0) is 27.5. The van der Waals surface area contributed by atoms with Crippen molar-refractivity contribution in [3.8, 4) is 17.3 Å². The predicted molar refractivity (Wildman–Crippen MR) is 144 cm³/mol. The Balaban J connectivity index is 1.65. The number of rotatable bonds is 8. The number of furan rings is 1. The molecule has 5 rings (SSSR count). The minimum Gasteiger partial charge on any atom is -0.478 e. The zero-order valence-corrected chi connectivity index (χ0v) is 20.9. The molecule has 5 aromatic rings. The van der Waals surface area contributed by atoms with E-state index in [1.54, 1.807) is 43.3 Å². The molecule has 2 aromatic heterocycles. The van der Waals surface area contributed by atoms with Crippen LogP contribution < -0.4 is 10.3 Å². The van der Waals surface area contributed by atoms with Crippen molar-refractivity contribution >= 4 is 39.7 Å². The first-order valence-corrected chi connectivity index (χ1v) is 12.0. The fourth-order valence-electron chi connectivity index (χ4n) is 3.96. The first kappa shape index (κ1) is 25.3. The quantitative estimate of drug-likeness (QED) is 0.120. The second kappa shape index (κ2) is 10.6. The largest absolute Gasteiger partial charge is 0.478 e. The number of benzene rings is 3. The number of nitrogens with zero attached hydrogens (tertiary/aromatic N) is 4. The Bertz CT molecular complexity index is 1770. The minimum atomic E-state index is -0.991. The Hall–Kier alpha value is -5.32. The number of nitro benzene ring substituents is 1. The van der Waals surface area contributed by atoms with Crippen molar-refractivity contribution in [2.24, 2.45) is 5.10 Å². The van der Waals surface area contributed by atoms with E-state index >= 15 is 0 Å². The number of fused-ring (bicyclic) bond motifs is 2. The van der Waals surface area contributed by atoms with Gasteiger partial charge in [-0.3, -0.25) is 14.9 Å². The molecule has 196 valence electrons. The maximum atomic E-state index is 13.5. The van der Waals surface area contributed by atoms with Crippen LogP contribution in [0.1, 0.15) is 19.4 Å². The third kappa shape index (κ3) is 5.10. The van der Waals surface area contributed by atoms with Gasteiger partial charge in [-0.25, -0.2) is 9.78 Å². The number of carbonyl (C=O) groups is 1. The van der Waals surface area contributed by atoms with Gasteiger partial charge in [-0.15, -0.1) is 0 Å². The molecule has 0 fully saturated rings. The molecule has 2 heterocycles. The molecule has 0 N–H and O–H groups in total. The fraction of sp³-hybridized carbons (Fsp3) is 0.143. The second-order valence-electron chi connectivity index (χ2n) is 8.45. The second-order valence-corrected chi connectivity index (χ2v) is 8.45. The van der Waals surface area contributed by atoms with E-state index < -0.39 is 22.6 Å². The van der Waals surface area contributed by atoms with Gasteiger partial charge in [0.15, 0.2) is 11.9 Å². The molecule has 0 radical (unpaired) electrons. The number of nitro groups is 1. The van der Waals surface area contributed by atoms with Crippen molar-refractivity contribution < 1.29 is 23.6 Å². The standard InChI is InChI=1S/C28H22N4O7/c1-3-37-28(34)17(2)38-24-13-12-20(32(35)36)14-19(24)16-29-31-26(25-15-18-8-4-7-11-23(18)39-25)30-22-10-6-5-9-21(22)27(31)33/h4-17H,3H2,1-2H3/t17-/m1/s1. The van der Waals surface area contributed by atoms with Gasteiger partial charge in [0.05, 0.1) is 28.6 Å². The smallest absolute Gasteiger partial charge is 0.347 e. The highest BCUT2D eigenvalue weighted by Gasteiger charge is 2.20. The summed E-state index contributed by atoms with van der Waals surface area (Å²) >= 11 is 0. The minimum absolute atomic E-state index is 0.136. The zero-order valence-electron chi connectivity index (χ0n) is 20.9. The van der Waals surface area contributed by atoms with Gasteiger partial charge in [-0.05, 0) is 44.2 Å². The number of aromatic nitrogens is 2. The summed E-state index contributed by atoms with van der Waals surface area (Å²) in [6.45, 7) is 3.34. The molecule has 0 aliphatic rings. The van der Waals surface area contributed by atoms with Gasteiger partial charge in [-0.2, -0.15) is 9.78 Å². The van der Waals surface area contributed by atoms with Crippen LogP contribution in [0.15, 0.2) is 87.1 Å². The lowest BCUT2D eigenvalue weighted by atomic mass is 10.2. The number of carbonyl (C=O) groups excluding carboxylic acids is 1. The third-order valence-electron chi connectivity index (χ3n) is 5.84. The molecule has 0 saturated heterocycles. The van der Waals surface area contributed by atoms with Gasteiger partial charge >= 0.3 is 5.97 Å². The monoisotopic (exact) mass is 526 g/mol. The molecule has 0 unspecified atom stereocenters. The van der Waals surface area contributed by atoms with E-state index in [4.69, 9.17) is 13.9 Å². The summed E-state index contributed by atoms with van der Waals surface area (Å²) in [7, 11) is 0. The van der Waals surface area contributed by atoms with Crippen molar-refractivity contribution in [3.05, 3.63) is 98.8 Å². The number of para-hydroxylation sites is 2. The van der Waals surface area contributed by atoms with Crippen LogP contribution in [0.25, 0.3) is 33.5 Å². The summed E-state index contributed by atoms with van der Waals surface area (Å²) in [5.74, 6) is -0.0144. The predicted octanol–water partition coefficient (Wildman–Crippen LogP) is 4.93. The normalized spacial score (nSPS) is 12.2. The maximum absolute atomic E-state index is 13.5. The van der Waals surface area contributed by atoms with Gasteiger partial charge < -0.3 is 13.9 Å². The Morgan fingerprint density at radius 1 is 1.15 bits per heavy atom. The number of non-ortho nitro benzene ring substituents is 1. The lowest BCUT2D eigenvalue weighted by Gasteiger charge is -2.15. The highest BCUT2D eigenvalue weighted by molar-refractivity contribution is 5.87. The highest BCUT2D eigenvalue weighted by Crippen LogP contribution is 2.28. The van der Waals surface area contributed by atoms with E-state index in [2.05, 4.69) is 10.1 Å². The van der Waals surface area contributed by atoms with E-state index in [0.717, 1.165) is 10.1 Å². The van der Waals surface area contributed by atoms with E-state index in [0.29, 0.717) is 22.2 Å². The molecule has 0 aliphatic carbocycles. The van der Waals surface area contributed by atoms with Crippen LogP contribution in [0.2, 0.25) is 0 Å². The Labute approximate surface area is 221 Å². The average Bonchev–Trinajstić information content (AvgIpc) is 3.37. The lowest BCUT2D eigenvalue weighted by molar-refractivity contribution is -0.384. The summed E-state index contributed by atoms with van der Waals surface area (Å²) in [6, 6.07) is 19.8. The van der Waals surface area contributed by atoms with Gasteiger partial charge in [0.25, 0.3) is 11.2 Å². The van der Waals surface area contributed by atoms with Crippen molar-refractivity contribution in [3.63, 3.8) is 0 Å². The summed E-state index contributed by atoms with van der Waals surface area (Å²) in [4.78, 5) is 41.1. The van der Waals surface area contributed by atoms with Crippen LogP contribution in [-0.4, -0.2) is 39.5 Å². The summed E-state index contributed by atoms with van der Waals surface area (Å²) < 4.78 is 17.7. The molecule has 1 atom stereocenters. The van der Waals surface area contributed by atoms with Crippen LogP contribution in [0.5, 0.6) is 5.75 Å². The van der Waals surface area contributed by atoms with Crippen LogP contribution in [0, 0.1) is 10.1 Å². The van der Waals surface area contributed by atoms with Crippen molar-refractivity contribution in [1.82, 2.24) is 9.66 Å². The SMILES string of the molecule is CCOC(=O)[C@@H](C)Oc1ccc([N+](=O)[O-])cc1C=Nn1c(-c2cc3ccccc3o2)nc2ccccc2c1=O. The van der Waals surface area contributed by atoms with Crippen molar-refractivity contribution in [1.29, 1.82) is 0 Å². The molecule has 3 aromatic carbocycles. The van der Waals surface area contributed by atoms with E-state index in [-0.39, 0.29) is 29.4 Å². The lowest BCUT2D eigenvalue weighted by Crippen LogP contribution is -2.26. The first-order valence-electron chi connectivity index (χ1n) is 12.0. The fourth-order valence-corrected chi connectivity index (χ4v) is 3.96. The van der Waals surface area contributed by atoms with Gasteiger partial charge in [0, 0.05) is 23.1 Å². The first-order chi connectivity index (χ1) is 18.9. The summed E-state index contributed by atoms with van der Waals surface area (Å²) in [5, 5.41) is 16.9. The van der Waals surface area contributed by atoms with Crippen molar-refractivity contribution in [2.75, 3.05) is 6.61 Å². The van der Waals surface area contributed by atoms with Gasteiger partial charge in [0.1, 0.15) is 11.3 Å². The topological polar surface area (TPSA) is 139 Å². The number of hydrogen-bond donors (Lipinski definition) is 0. The molecular formula is C28H22N4O7. The molecular weight excluding hydrogens is 504 g/mol. The molecule has 0 saturated carbocycles. The average molecular weight is 527 g/mol. The van der Waals surface area contributed by atoms with Crippen LogP contribution in [0.4, 0.5) is 5.69 Å². The summed E-state index contributed by atoms with van der Waals surface area (Å²) in [6.07, 6.45) is 0.249. The van der Waals surface area contributed by atoms with E-state index in [9.17, 15) is 19.7 Å². The molecule has 11 nitrogen and oxygen atoms in total. The maximum Gasteiger partial charge on any atom is 0.347 e. The number of hydrogen-bond acceptors (Lipinski definition) is 9. The Kier molecular flexibility index (Phi) is 6.87. The number of esters is 1. The molecule has 0 spiro atoms.